The Kier molecular flexibility index (Phi) is 3.97. The van der Waals surface area contributed by atoms with Gasteiger partial charge in [0.15, 0.2) is 6.23 Å². The van der Waals surface area contributed by atoms with Gasteiger partial charge >= 0.3 is 0 Å². The first kappa shape index (κ1) is 14.6. The second-order valence-corrected chi connectivity index (χ2v) is 6.97. The summed E-state index contributed by atoms with van der Waals surface area (Å²) < 4.78 is 8.04. The molecule has 0 aromatic carbocycles. The van der Waals surface area contributed by atoms with E-state index in [0.29, 0.717) is 0 Å². The molecule has 23 heavy (non-hydrogen) atoms. The predicted molar refractivity (Wildman–Crippen MR) is 92.3 cm³/mol. The average molecular weight is 325 g/mol. The van der Waals surface area contributed by atoms with E-state index in [2.05, 4.69) is 33.1 Å². The maximum atomic E-state index is 5.97. The Labute approximate surface area is 139 Å². The fourth-order valence-corrected chi connectivity index (χ4v) is 3.78. The third kappa shape index (κ3) is 2.82. The lowest BCUT2D eigenvalue weighted by molar-refractivity contribution is -0.0383. The molecule has 1 fully saturated rings. The first-order valence-electron chi connectivity index (χ1n) is 7.98. The molecular formula is C18H19N3OS. The van der Waals surface area contributed by atoms with E-state index in [0.717, 1.165) is 36.3 Å². The number of hydrogen-bond donors (Lipinski definition) is 0. The first-order chi connectivity index (χ1) is 11.3. The first-order valence-corrected chi connectivity index (χ1v) is 8.86. The van der Waals surface area contributed by atoms with Crippen LogP contribution in [0.4, 0.5) is 0 Å². The topological polar surface area (TPSA) is 39.9 Å². The van der Waals surface area contributed by atoms with E-state index in [4.69, 9.17) is 4.74 Å². The van der Waals surface area contributed by atoms with Gasteiger partial charge in [0.25, 0.3) is 0 Å². The standard InChI is InChI=1S/C18H19N3OS/c1-13-10-15(12-23-13)18-16(14-5-7-19-8-6-14)11-20-21(18)17-4-2-3-9-22-17/h5-8,10-12,17H,2-4,9H2,1H3. The second-order valence-electron chi connectivity index (χ2n) is 5.85. The van der Waals surface area contributed by atoms with Crippen molar-refractivity contribution in [2.45, 2.75) is 32.4 Å². The molecule has 0 bridgehead atoms. The maximum absolute atomic E-state index is 5.97. The van der Waals surface area contributed by atoms with Crippen LogP contribution in [0, 0.1) is 6.92 Å². The highest BCUT2D eigenvalue weighted by Crippen LogP contribution is 2.37. The van der Waals surface area contributed by atoms with E-state index in [1.165, 1.54) is 16.9 Å². The summed E-state index contributed by atoms with van der Waals surface area (Å²) in [6.07, 6.45) is 9.00. The number of aromatic nitrogens is 3. The Bertz CT molecular complexity index is 788. The van der Waals surface area contributed by atoms with Crippen LogP contribution in [0.3, 0.4) is 0 Å². The molecule has 3 aromatic rings. The minimum Gasteiger partial charge on any atom is -0.356 e. The maximum Gasteiger partial charge on any atom is 0.150 e. The Balaban J connectivity index is 1.85. The summed E-state index contributed by atoms with van der Waals surface area (Å²) in [4.78, 5) is 5.43. The van der Waals surface area contributed by atoms with Crippen molar-refractivity contribution in [3.63, 3.8) is 0 Å². The molecule has 4 nitrogen and oxygen atoms in total. The Morgan fingerprint density at radius 1 is 1.22 bits per heavy atom. The molecule has 0 N–H and O–H groups in total. The summed E-state index contributed by atoms with van der Waals surface area (Å²) in [5, 5.41) is 6.88. The van der Waals surface area contributed by atoms with Crippen LogP contribution in [0.25, 0.3) is 22.4 Å². The van der Waals surface area contributed by atoms with Crippen molar-refractivity contribution in [3.8, 4) is 22.4 Å². The summed E-state index contributed by atoms with van der Waals surface area (Å²) in [5.41, 5.74) is 4.64. The molecule has 3 aromatic heterocycles. The van der Waals surface area contributed by atoms with Gasteiger partial charge in [-0.1, -0.05) is 0 Å². The van der Waals surface area contributed by atoms with E-state index in [-0.39, 0.29) is 6.23 Å². The van der Waals surface area contributed by atoms with Gasteiger partial charge in [-0.2, -0.15) is 5.10 Å². The number of aryl methyl sites for hydroxylation is 1. The molecule has 118 valence electrons. The van der Waals surface area contributed by atoms with Crippen LogP contribution in [-0.2, 0) is 4.74 Å². The monoisotopic (exact) mass is 325 g/mol. The van der Waals surface area contributed by atoms with Crippen molar-refractivity contribution in [2.75, 3.05) is 6.61 Å². The van der Waals surface area contributed by atoms with Crippen LogP contribution in [-0.4, -0.2) is 21.4 Å². The van der Waals surface area contributed by atoms with Gasteiger partial charge in [0.2, 0.25) is 0 Å². The molecule has 5 heteroatoms. The summed E-state index contributed by atoms with van der Waals surface area (Å²) >= 11 is 1.77. The fraction of sp³-hybridized carbons (Fsp3) is 0.333. The van der Waals surface area contributed by atoms with Crippen LogP contribution < -0.4 is 0 Å². The van der Waals surface area contributed by atoms with Gasteiger partial charge in [0, 0.05) is 40.4 Å². The van der Waals surface area contributed by atoms with Crippen molar-refractivity contribution in [3.05, 3.63) is 47.0 Å². The van der Waals surface area contributed by atoms with Gasteiger partial charge < -0.3 is 4.74 Å². The second kappa shape index (κ2) is 6.26. The third-order valence-electron chi connectivity index (χ3n) is 4.22. The molecule has 0 amide bonds. The number of rotatable bonds is 3. The SMILES string of the molecule is Cc1cc(-c2c(-c3ccncc3)cnn2C2CCCCO2)cs1. The molecule has 1 aliphatic rings. The minimum absolute atomic E-state index is 0.0366. The van der Waals surface area contributed by atoms with E-state index in [1.54, 1.807) is 11.3 Å². The zero-order valence-electron chi connectivity index (χ0n) is 13.1. The Morgan fingerprint density at radius 3 is 2.78 bits per heavy atom. The molecule has 0 spiro atoms. The summed E-state index contributed by atoms with van der Waals surface area (Å²) in [6, 6.07) is 6.29. The van der Waals surface area contributed by atoms with Crippen LogP contribution >= 0.6 is 11.3 Å². The summed E-state index contributed by atoms with van der Waals surface area (Å²) in [7, 11) is 0. The van der Waals surface area contributed by atoms with Crippen molar-refractivity contribution < 1.29 is 4.74 Å². The van der Waals surface area contributed by atoms with Crippen LogP contribution in [0.2, 0.25) is 0 Å². The quantitative estimate of drug-likeness (QED) is 0.702. The third-order valence-corrected chi connectivity index (χ3v) is 5.08. The van der Waals surface area contributed by atoms with Crippen LogP contribution in [0.1, 0.15) is 30.4 Å². The largest absolute Gasteiger partial charge is 0.356 e. The van der Waals surface area contributed by atoms with Gasteiger partial charge in [0.1, 0.15) is 0 Å². The number of thiophene rings is 1. The molecule has 4 rings (SSSR count). The van der Waals surface area contributed by atoms with Gasteiger partial charge in [-0.3, -0.25) is 4.98 Å². The van der Waals surface area contributed by atoms with Crippen molar-refractivity contribution >= 4 is 11.3 Å². The van der Waals surface area contributed by atoms with E-state index < -0.39 is 0 Å². The fourth-order valence-electron chi connectivity index (χ4n) is 3.10. The van der Waals surface area contributed by atoms with E-state index >= 15 is 0 Å². The number of hydrogen-bond acceptors (Lipinski definition) is 4. The van der Waals surface area contributed by atoms with Crippen LogP contribution in [0.5, 0.6) is 0 Å². The van der Waals surface area contributed by atoms with Gasteiger partial charge in [-0.25, -0.2) is 4.68 Å². The molecule has 1 aliphatic heterocycles. The smallest absolute Gasteiger partial charge is 0.150 e. The number of ether oxygens (including phenoxy) is 1. The Hall–Kier alpha value is -1.98. The lowest BCUT2D eigenvalue weighted by Gasteiger charge is -2.24. The van der Waals surface area contributed by atoms with Crippen LogP contribution in [0.15, 0.2) is 42.2 Å². The normalized spacial score (nSPS) is 18.2. The number of pyridine rings is 1. The predicted octanol–water partition coefficient (Wildman–Crippen LogP) is 4.68. The Morgan fingerprint density at radius 2 is 2.09 bits per heavy atom. The summed E-state index contributed by atoms with van der Waals surface area (Å²) in [5.74, 6) is 0. The van der Waals surface area contributed by atoms with Gasteiger partial charge in [0.05, 0.1) is 11.9 Å². The van der Waals surface area contributed by atoms with Crippen molar-refractivity contribution in [1.29, 1.82) is 0 Å². The van der Waals surface area contributed by atoms with Crippen molar-refractivity contribution in [1.82, 2.24) is 14.8 Å². The van der Waals surface area contributed by atoms with E-state index in [9.17, 15) is 0 Å². The number of nitrogens with zero attached hydrogens (tertiary/aromatic N) is 3. The zero-order chi connectivity index (χ0) is 15.6. The highest BCUT2D eigenvalue weighted by atomic mass is 32.1. The average Bonchev–Trinajstić information content (AvgIpc) is 3.22. The molecule has 4 heterocycles. The molecule has 0 radical (unpaired) electrons. The molecular weight excluding hydrogens is 306 g/mol. The molecule has 0 saturated carbocycles. The minimum atomic E-state index is 0.0366. The molecule has 1 atom stereocenters. The van der Waals surface area contributed by atoms with Gasteiger partial charge in [-0.05, 0) is 49.9 Å². The van der Waals surface area contributed by atoms with E-state index in [1.807, 2.05) is 30.7 Å². The molecule has 1 unspecified atom stereocenters. The van der Waals surface area contributed by atoms with Gasteiger partial charge in [-0.15, -0.1) is 11.3 Å². The highest BCUT2D eigenvalue weighted by molar-refractivity contribution is 7.10. The highest BCUT2D eigenvalue weighted by Gasteiger charge is 2.23. The van der Waals surface area contributed by atoms with Crippen molar-refractivity contribution in [2.24, 2.45) is 0 Å². The lowest BCUT2D eigenvalue weighted by atomic mass is 10.0. The molecule has 0 aliphatic carbocycles. The summed E-state index contributed by atoms with van der Waals surface area (Å²) in [6.45, 7) is 2.95. The molecule has 1 saturated heterocycles. The lowest BCUT2D eigenvalue weighted by Crippen LogP contribution is -2.19. The zero-order valence-corrected chi connectivity index (χ0v) is 13.9.